The van der Waals surface area contributed by atoms with E-state index in [4.69, 9.17) is 0 Å². The predicted molar refractivity (Wildman–Crippen MR) is 114 cm³/mol. The lowest BCUT2D eigenvalue weighted by molar-refractivity contribution is 0.676. The summed E-state index contributed by atoms with van der Waals surface area (Å²) >= 11 is 3.45. The summed E-state index contributed by atoms with van der Waals surface area (Å²) in [5, 5.41) is 10.2. The summed E-state index contributed by atoms with van der Waals surface area (Å²) in [6.07, 6.45) is 1.79. The summed E-state index contributed by atoms with van der Waals surface area (Å²) in [6, 6.07) is 21.7. The lowest BCUT2D eigenvalue weighted by Crippen LogP contribution is -2.06. The molecule has 1 heterocycles. The van der Waals surface area contributed by atoms with E-state index < -0.39 is 10.8 Å². The Morgan fingerprint density at radius 3 is 2.41 bits per heavy atom. The van der Waals surface area contributed by atoms with E-state index in [-0.39, 0.29) is 0 Å². The summed E-state index contributed by atoms with van der Waals surface area (Å²) in [5.41, 5.74) is 3.74. The quantitative estimate of drug-likeness (QED) is 0.476. The minimum absolute atomic E-state index is 0.380. The zero-order chi connectivity index (χ0) is 19.2. The molecule has 0 amide bonds. The molecule has 0 radical (unpaired) electrons. The van der Waals surface area contributed by atoms with E-state index in [2.05, 4.69) is 33.9 Å². The molecule has 3 rings (SSSR count). The topological polar surface area (TPSA) is 53.8 Å². The van der Waals surface area contributed by atoms with Crippen LogP contribution in [-0.2, 0) is 10.8 Å². The highest BCUT2D eigenvalue weighted by Crippen LogP contribution is 2.32. The number of hydrogen-bond donors (Lipinski definition) is 0. The van der Waals surface area contributed by atoms with Gasteiger partial charge in [0.15, 0.2) is 0 Å². The summed E-state index contributed by atoms with van der Waals surface area (Å²) in [6.45, 7) is 2.06. The van der Waals surface area contributed by atoms with Gasteiger partial charge in [0.05, 0.1) is 22.1 Å². The van der Waals surface area contributed by atoms with Crippen LogP contribution in [0.25, 0.3) is 22.4 Å². The fourth-order valence-corrected chi connectivity index (χ4v) is 4.37. The largest absolute Gasteiger partial charge is 0.253 e. The maximum absolute atomic E-state index is 12.9. The lowest BCUT2D eigenvalue weighted by Gasteiger charge is -2.12. The highest BCUT2D eigenvalue weighted by molar-refractivity contribution is 9.10. The Balaban J connectivity index is 2.22. The highest BCUT2D eigenvalue weighted by Gasteiger charge is 2.19. The second-order valence-electron chi connectivity index (χ2n) is 6.12. The Morgan fingerprint density at radius 2 is 1.78 bits per heavy atom. The molecular formula is C22H19BrN2OS. The lowest BCUT2D eigenvalue weighted by atomic mass is 9.99. The third-order valence-corrected chi connectivity index (χ3v) is 6.14. The van der Waals surface area contributed by atoms with Crippen LogP contribution in [0, 0.1) is 11.3 Å². The fraction of sp³-hybridized carbons (Fsp3) is 0.182. The third-order valence-electron chi connectivity index (χ3n) is 4.22. The predicted octanol–water partition coefficient (Wildman–Crippen LogP) is 5.96. The number of hydrogen-bond acceptors (Lipinski definition) is 3. The smallest absolute Gasteiger partial charge is 0.146 e. The second kappa shape index (κ2) is 9.07. The standard InChI is InChI=1S/C22H19BrN2OS/c1-2-3-13-27(26)22-20(15-24)19(16-7-5-4-6-8-16)14-21(25-22)17-9-11-18(23)12-10-17/h4-12,14H,2-3,13H2,1H3. The maximum Gasteiger partial charge on any atom is 0.146 e. The van der Waals surface area contributed by atoms with Crippen molar-refractivity contribution in [1.82, 2.24) is 4.98 Å². The summed E-state index contributed by atoms with van der Waals surface area (Å²) in [5.74, 6) is 0.510. The molecule has 1 unspecified atom stereocenters. The molecule has 0 saturated carbocycles. The molecule has 0 saturated heterocycles. The molecule has 0 N–H and O–H groups in total. The van der Waals surface area contributed by atoms with Gasteiger partial charge in [0, 0.05) is 21.4 Å². The highest BCUT2D eigenvalue weighted by atomic mass is 79.9. The van der Waals surface area contributed by atoms with Crippen molar-refractivity contribution in [2.24, 2.45) is 0 Å². The van der Waals surface area contributed by atoms with Gasteiger partial charge in [-0.15, -0.1) is 0 Å². The van der Waals surface area contributed by atoms with Gasteiger partial charge >= 0.3 is 0 Å². The van der Waals surface area contributed by atoms with E-state index in [1.165, 1.54) is 0 Å². The van der Waals surface area contributed by atoms with Crippen LogP contribution < -0.4 is 0 Å². The van der Waals surface area contributed by atoms with Crippen LogP contribution in [0.5, 0.6) is 0 Å². The van der Waals surface area contributed by atoms with Crippen LogP contribution in [0.1, 0.15) is 25.3 Å². The van der Waals surface area contributed by atoms with E-state index in [0.717, 1.165) is 39.7 Å². The molecule has 2 aromatic carbocycles. The van der Waals surface area contributed by atoms with Crippen LogP contribution in [0.15, 0.2) is 70.2 Å². The van der Waals surface area contributed by atoms with E-state index >= 15 is 0 Å². The summed E-state index contributed by atoms with van der Waals surface area (Å²) < 4.78 is 13.9. The van der Waals surface area contributed by atoms with Crippen molar-refractivity contribution < 1.29 is 4.21 Å². The Morgan fingerprint density at radius 1 is 1.07 bits per heavy atom. The van der Waals surface area contributed by atoms with Crippen LogP contribution >= 0.6 is 15.9 Å². The molecule has 0 fully saturated rings. The first-order valence-electron chi connectivity index (χ1n) is 8.79. The Kier molecular flexibility index (Phi) is 6.54. The maximum atomic E-state index is 12.9. The molecular weight excluding hydrogens is 420 g/mol. The van der Waals surface area contributed by atoms with Crippen molar-refractivity contribution in [3.05, 3.63) is 70.7 Å². The molecule has 3 aromatic rings. The van der Waals surface area contributed by atoms with E-state index in [0.29, 0.717) is 16.3 Å². The number of benzene rings is 2. The first-order chi connectivity index (χ1) is 13.1. The average molecular weight is 439 g/mol. The normalized spacial score (nSPS) is 11.7. The molecule has 0 aliphatic heterocycles. The Labute approximate surface area is 170 Å². The molecule has 1 aromatic heterocycles. The number of nitrogens with zero attached hydrogens (tertiary/aromatic N) is 2. The van der Waals surface area contributed by atoms with Crippen LogP contribution in [-0.4, -0.2) is 14.9 Å². The summed E-state index contributed by atoms with van der Waals surface area (Å²) in [4.78, 5) is 4.64. The first kappa shape index (κ1) is 19.5. The van der Waals surface area contributed by atoms with Gasteiger partial charge in [-0.25, -0.2) is 4.98 Å². The van der Waals surface area contributed by atoms with E-state index in [1.807, 2.05) is 60.7 Å². The van der Waals surface area contributed by atoms with Gasteiger partial charge in [0.1, 0.15) is 11.1 Å². The molecule has 1 atom stereocenters. The van der Waals surface area contributed by atoms with Crippen molar-refractivity contribution in [1.29, 1.82) is 5.26 Å². The molecule has 27 heavy (non-hydrogen) atoms. The van der Waals surface area contributed by atoms with Crippen molar-refractivity contribution in [3.63, 3.8) is 0 Å². The van der Waals surface area contributed by atoms with Crippen molar-refractivity contribution >= 4 is 26.7 Å². The minimum atomic E-state index is -1.31. The fourth-order valence-electron chi connectivity index (χ4n) is 2.78. The van der Waals surface area contributed by atoms with E-state index in [9.17, 15) is 9.47 Å². The average Bonchev–Trinajstić information content (AvgIpc) is 2.72. The number of unbranched alkanes of at least 4 members (excludes halogenated alkanes) is 1. The van der Waals surface area contributed by atoms with E-state index in [1.54, 1.807) is 0 Å². The second-order valence-corrected chi connectivity index (χ2v) is 8.52. The zero-order valence-corrected chi connectivity index (χ0v) is 17.4. The van der Waals surface area contributed by atoms with Gasteiger partial charge in [-0.3, -0.25) is 4.21 Å². The van der Waals surface area contributed by atoms with Gasteiger partial charge in [-0.05, 0) is 30.2 Å². The van der Waals surface area contributed by atoms with Crippen LogP contribution in [0.4, 0.5) is 0 Å². The Hall–Kier alpha value is -2.29. The summed E-state index contributed by atoms with van der Waals surface area (Å²) in [7, 11) is -1.31. The molecule has 0 aliphatic carbocycles. The third kappa shape index (κ3) is 4.52. The molecule has 0 aliphatic rings. The Bertz CT molecular complexity index is 995. The number of halogens is 1. The monoisotopic (exact) mass is 438 g/mol. The van der Waals surface area contributed by atoms with Gasteiger partial charge in [0.25, 0.3) is 0 Å². The van der Waals surface area contributed by atoms with Crippen molar-refractivity contribution in [2.75, 3.05) is 5.75 Å². The van der Waals surface area contributed by atoms with Gasteiger partial charge in [-0.2, -0.15) is 5.26 Å². The molecule has 5 heteroatoms. The van der Waals surface area contributed by atoms with Gasteiger partial charge in [0.2, 0.25) is 0 Å². The SMILES string of the molecule is CCCCS(=O)c1nc(-c2ccc(Br)cc2)cc(-c2ccccc2)c1C#N. The van der Waals surface area contributed by atoms with Gasteiger partial charge < -0.3 is 0 Å². The molecule has 0 spiro atoms. The van der Waals surface area contributed by atoms with Gasteiger partial charge in [-0.1, -0.05) is 71.7 Å². The van der Waals surface area contributed by atoms with Crippen molar-refractivity contribution in [2.45, 2.75) is 24.8 Å². The van der Waals surface area contributed by atoms with Crippen LogP contribution in [0.2, 0.25) is 0 Å². The minimum Gasteiger partial charge on any atom is -0.253 e. The molecule has 136 valence electrons. The van der Waals surface area contributed by atoms with Crippen LogP contribution in [0.3, 0.4) is 0 Å². The molecule has 0 bridgehead atoms. The number of rotatable bonds is 6. The van der Waals surface area contributed by atoms with Crippen molar-refractivity contribution in [3.8, 4) is 28.5 Å². The zero-order valence-electron chi connectivity index (χ0n) is 15.0. The first-order valence-corrected chi connectivity index (χ1v) is 10.9. The number of aromatic nitrogens is 1. The number of pyridine rings is 1. The molecule has 3 nitrogen and oxygen atoms in total. The number of nitriles is 1.